The summed E-state index contributed by atoms with van der Waals surface area (Å²) in [4.78, 5) is 37.4. The summed E-state index contributed by atoms with van der Waals surface area (Å²) in [7, 11) is 1.72. The first-order valence-corrected chi connectivity index (χ1v) is 7.56. The number of carbonyl (C=O) groups is 3. The Labute approximate surface area is 145 Å². The largest absolute Gasteiger partial charge is 0.468 e. The summed E-state index contributed by atoms with van der Waals surface area (Å²) in [5.74, 6) is -3.88. The minimum Gasteiger partial charge on any atom is -0.468 e. The maximum Gasteiger partial charge on any atom is 0.412 e. The lowest BCUT2D eigenvalue weighted by atomic mass is 9.73. The van der Waals surface area contributed by atoms with Gasteiger partial charge in [0.1, 0.15) is 11.8 Å². The van der Waals surface area contributed by atoms with Crippen molar-refractivity contribution < 1.29 is 41.4 Å². The van der Waals surface area contributed by atoms with Crippen molar-refractivity contribution in [1.82, 2.24) is 10.0 Å². The minimum atomic E-state index is -5.11. The summed E-state index contributed by atoms with van der Waals surface area (Å²) in [6, 6.07) is -1.60. The van der Waals surface area contributed by atoms with Crippen LogP contribution in [0, 0.1) is 5.41 Å². The van der Waals surface area contributed by atoms with Gasteiger partial charge in [-0.15, -0.1) is 0 Å². The third-order valence-corrected chi connectivity index (χ3v) is 4.66. The highest BCUT2D eigenvalue weighted by atomic mass is 19.4. The number of esters is 2. The molecule has 0 aliphatic carbocycles. The molecule has 26 heavy (non-hydrogen) atoms. The molecule has 0 saturated carbocycles. The van der Waals surface area contributed by atoms with Crippen LogP contribution in [0.5, 0.6) is 0 Å². The molecule has 1 aromatic heterocycles. The minimum absolute atomic E-state index is 0.0905. The van der Waals surface area contributed by atoms with Crippen molar-refractivity contribution in [3.8, 4) is 0 Å². The van der Waals surface area contributed by atoms with Gasteiger partial charge in [-0.25, -0.2) is 5.01 Å². The number of carbonyl (C=O) groups excluding carboxylic acids is 3. The van der Waals surface area contributed by atoms with Crippen LogP contribution in [0.1, 0.15) is 18.2 Å². The van der Waals surface area contributed by atoms with Crippen molar-refractivity contribution in [3.05, 3.63) is 24.2 Å². The van der Waals surface area contributed by atoms with E-state index in [1.807, 2.05) is 0 Å². The first kappa shape index (κ1) is 18.2. The molecule has 0 N–H and O–H groups in total. The number of hydrogen-bond donors (Lipinski definition) is 0. The van der Waals surface area contributed by atoms with E-state index in [9.17, 15) is 27.6 Å². The molecule has 1 aromatic rings. The van der Waals surface area contributed by atoms with E-state index in [0.29, 0.717) is 5.01 Å². The lowest BCUT2D eigenvalue weighted by Gasteiger charge is -2.34. The summed E-state index contributed by atoms with van der Waals surface area (Å²) >= 11 is 0. The van der Waals surface area contributed by atoms with E-state index in [4.69, 9.17) is 4.42 Å². The van der Waals surface area contributed by atoms with Gasteiger partial charge < -0.3 is 13.9 Å². The van der Waals surface area contributed by atoms with Crippen molar-refractivity contribution >= 4 is 17.8 Å². The van der Waals surface area contributed by atoms with E-state index in [2.05, 4.69) is 9.47 Å². The van der Waals surface area contributed by atoms with Crippen LogP contribution in [0.4, 0.5) is 13.2 Å². The number of furan rings is 1. The second-order valence-corrected chi connectivity index (χ2v) is 5.87. The Kier molecular flexibility index (Phi) is 4.21. The number of hydrazine groups is 1. The van der Waals surface area contributed by atoms with Crippen LogP contribution in [0.15, 0.2) is 22.8 Å². The van der Waals surface area contributed by atoms with Gasteiger partial charge in [0.2, 0.25) is 11.3 Å². The Balaban J connectivity index is 2.34. The Morgan fingerprint density at radius 1 is 1.27 bits per heavy atom. The molecule has 142 valence electrons. The number of halogens is 3. The number of methoxy groups -OCH3 is 2. The van der Waals surface area contributed by atoms with Gasteiger partial charge in [0.15, 0.2) is 6.04 Å². The monoisotopic (exact) mass is 376 g/mol. The maximum absolute atomic E-state index is 14.0. The summed E-state index contributed by atoms with van der Waals surface area (Å²) in [6.45, 7) is -0.119. The van der Waals surface area contributed by atoms with E-state index in [-0.39, 0.29) is 18.7 Å². The number of nitrogens with zero attached hydrogens (tertiary/aromatic N) is 2. The maximum atomic E-state index is 14.0. The third-order valence-electron chi connectivity index (χ3n) is 4.66. The fourth-order valence-corrected chi connectivity index (χ4v) is 3.78. The fourth-order valence-electron chi connectivity index (χ4n) is 3.78. The van der Waals surface area contributed by atoms with Crippen LogP contribution >= 0.6 is 0 Å². The number of hydrogen-bond acceptors (Lipinski definition) is 7. The third kappa shape index (κ3) is 2.23. The molecule has 0 aromatic carbocycles. The Morgan fingerprint density at radius 3 is 2.35 bits per heavy atom. The Hall–Kier alpha value is -2.56. The second kappa shape index (κ2) is 6.01. The molecule has 2 aliphatic rings. The molecule has 1 amide bonds. The van der Waals surface area contributed by atoms with Gasteiger partial charge in [-0.3, -0.25) is 19.4 Å². The van der Waals surface area contributed by atoms with E-state index >= 15 is 0 Å². The molecule has 3 heterocycles. The van der Waals surface area contributed by atoms with E-state index in [0.717, 1.165) is 19.2 Å². The van der Waals surface area contributed by atoms with Gasteiger partial charge in [-0.05, 0) is 12.1 Å². The fraction of sp³-hybridized carbons (Fsp3) is 0.533. The highest BCUT2D eigenvalue weighted by Gasteiger charge is 2.78. The lowest BCUT2D eigenvalue weighted by Crippen LogP contribution is -2.59. The standard InChI is InChI=1S/C15H15F3N2O6/c1-24-12(22)14(13(23)25-2)10(8-4-3-7-26-8)19-6-5-9(21)20(19)11(14)15(16,17)18/h3-4,7,10-11H,5-6H2,1-2H3/t10-,11+/m0/s1. The van der Waals surface area contributed by atoms with Crippen molar-refractivity contribution in [3.63, 3.8) is 0 Å². The molecule has 0 bridgehead atoms. The Morgan fingerprint density at radius 2 is 1.88 bits per heavy atom. The smallest absolute Gasteiger partial charge is 0.412 e. The number of amides is 1. The van der Waals surface area contributed by atoms with Crippen LogP contribution in [-0.2, 0) is 23.9 Å². The van der Waals surface area contributed by atoms with Crippen molar-refractivity contribution in [2.24, 2.45) is 5.41 Å². The molecule has 2 fully saturated rings. The molecule has 3 rings (SSSR count). The summed E-state index contributed by atoms with van der Waals surface area (Å²) in [6.07, 6.45) is -4.11. The zero-order valence-corrected chi connectivity index (χ0v) is 13.8. The number of alkyl halides is 3. The number of fused-ring (bicyclic) bond motifs is 1. The van der Waals surface area contributed by atoms with E-state index in [1.54, 1.807) is 0 Å². The first-order chi connectivity index (χ1) is 12.2. The van der Waals surface area contributed by atoms with Gasteiger partial charge in [0.25, 0.3) is 0 Å². The quantitative estimate of drug-likeness (QED) is 0.575. The van der Waals surface area contributed by atoms with Gasteiger partial charge >= 0.3 is 18.1 Å². The van der Waals surface area contributed by atoms with Gasteiger partial charge in [-0.2, -0.15) is 13.2 Å². The zero-order valence-electron chi connectivity index (χ0n) is 13.8. The van der Waals surface area contributed by atoms with Gasteiger partial charge in [0.05, 0.1) is 20.5 Å². The topological polar surface area (TPSA) is 89.3 Å². The number of rotatable bonds is 3. The Bertz CT molecular complexity index is 716. The molecular weight excluding hydrogens is 361 g/mol. The predicted octanol–water partition coefficient (Wildman–Crippen LogP) is 1.05. The predicted molar refractivity (Wildman–Crippen MR) is 75.9 cm³/mol. The van der Waals surface area contributed by atoms with Crippen LogP contribution in [0.25, 0.3) is 0 Å². The molecule has 2 saturated heterocycles. The zero-order chi connectivity index (χ0) is 19.3. The molecule has 8 nitrogen and oxygen atoms in total. The van der Waals surface area contributed by atoms with Crippen LogP contribution in [0.2, 0.25) is 0 Å². The SMILES string of the molecule is COC(=O)C1(C(=O)OC)[C@H](c2ccco2)N2CCC(=O)N2[C@H]1C(F)(F)F. The summed E-state index contributed by atoms with van der Waals surface area (Å²) in [5.41, 5.74) is -2.88. The van der Waals surface area contributed by atoms with E-state index < -0.39 is 41.5 Å². The van der Waals surface area contributed by atoms with Crippen molar-refractivity contribution in [2.45, 2.75) is 24.7 Å². The molecule has 0 radical (unpaired) electrons. The lowest BCUT2D eigenvalue weighted by molar-refractivity contribution is -0.220. The van der Waals surface area contributed by atoms with Crippen molar-refractivity contribution in [2.75, 3.05) is 20.8 Å². The van der Waals surface area contributed by atoms with Crippen LogP contribution in [-0.4, -0.2) is 60.8 Å². The van der Waals surface area contributed by atoms with Crippen LogP contribution in [0.3, 0.4) is 0 Å². The average molecular weight is 376 g/mol. The highest BCUT2D eigenvalue weighted by molar-refractivity contribution is 6.03. The van der Waals surface area contributed by atoms with E-state index in [1.165, 1.54) is 18.4 Å². The molecule has 2 atom stereocenters. The molecule has 2 aliphatic heterocycles. The number of ether oxygens (including phenoxy) is 2. The van der Waals surface area contributed by atoms with Gasteiger partial charge in [-0.1, -0.05) is 0 Å². The average Bonchev–Trinajstić information content (AvgIpc) is 3.28. The summed E-state index contributed by atoms with van der Waals surface area (Å²) in [5, 5.41) is 1.42. The normalized spacial score (nSPS) is 25.3. The molecule has 11 heteroatoms. The first-order valence-electron chi connectivity index (χ1n) is 7.56. The summed E-state index contributed by atoms with van der Waals surface area (Å²) < 4.78 is 56.4. The molecule has 0 spiro atoms. The van der Waals surface area contributed by atoms with Crippen LogP contribution < -0.4 is 0 Å². The van der Waals surface area contributed by atoms with Crippen molar-refractivity contribution in [1.29, 1.82) is 0 Å². The second-order valence-electron chi connectivity index (χ2n) is 5.87. The van der Waals surface area contributed by atoms with Gasteiger partial charge in [0, 0.05) is 13.0 Å². The molecule has 0 unspecified atom stereocenters. The highest BCUT2D eigenvalue weighted by Crippen LogP contribution is 2.57. The molecular formula is C15H15F3N2O6.